The average molecular weight is 540 g/mol. The molecular formula is C23H33IN4O3. The number of halogens is 1. The first kappa shape index (κ1) is 25.1. The number of aliphatic imine (C=N–C) groups is 1. The number of ether oxygens (including phenoxy) is 3. The van der Waals surface area contributed by atoms with Crippen LogP contribution in [0, 0.1) is 0 Å². The summed E-state index contributed by atoms with van der Waals surface area (Å²) in [5, 5.41) is 6.66. The maximum Gasteiger partial charge on any atom is 0.191 e. The van der Waals surface area contributed by atoms with E-state index in [2.05, 4.69) is 44.8 Å². The highest BCUT2D eigenvalue weighted by Gasteiger charge is 2.11. The van der Waals surface area contributed by atoms with Crippen LogP contribution in [-0.2, 0) is 11.3 Å². The number of nitrogens with one attached hydrogen (secondary N) is 2. The molecule has 0 radical (unpaired) electrons. The highest BCUT2D eigenvalue weighted by Crippen LogP contribution is 2.26. The fraction of sp³-hybridized carbons (Fsp3) is 0.435. The standard InChI is InChI=1S/C23H32N4O3.HI/c1-18(30-22-7-5-4-6-21(22)28-3)16-25-23(24-2)26-17-19-8-10-20(11-9-19)27-12-14-29-15-13-27;/h4-11,18H,12-17H2,1-3H3,(H2,24,25,26);1H. The monoisotopic (exact) mass is 540 g/mol. The van der Waals surface area contributed by atoms with Crippen molar-refractivity contribution in [1.29, 1.82) is 0 Å². The van der Waals surface area contributed by atoms with Crippen LogP contribution in [0.2, 0.25) is 0 Å². The summed E-state index contributed by atoms with van der Waals surface area (Å²) in [4.78, 5) is 6.65. The first-order valence-electron chi connectivity index (χ1n) is 10.4. The molecule has 2 N–H and O–H groups in total. The molecule has 1 unspecified atom stereocenters. The predicted octanol–water partition coefficient (Wildman–Crippen LogP) is 3.28. The molecule has 1 saturated heterocycles. The van der Waals surface area contributed by atoms with E-state index in [1.807, 2.05) is 31.2 Å². The maximum absolute atomic E-state index is 5.98. The number of hydrogen-bond donors (Lipinski definition) is 2. The number of rotatable bonds is 8. The van der Waals surface area contributed by atoms with Gasteiger partial charge in [0.2, 0.25) is 0 Å². The van der Waals surface area contributed by atoms with Crippen molar-refractivity contribution in [2.75, 3.05) is 51.9 Å². The molecule has 1 aliphatic heterocycles. The van der Waals surface area contributed by atoms with E-state index in [1.165, 1.54) is 11.3 Å². The molecule has 0 bridgehead atoms. The zero-order valence-corrected chi connectivity index (χ0v) is 20.8. The van der Waals surface area contributed by atoms with Crippen molar-refractivity contribution in [2.24, 2.45) is 4.99 Å². The summed E-state index contributed by atoms with van der Waals surface area (Å²) in [7, 11) is 3.41. The summed E-state index contributed by atoms with van der Waals surface area (Å²) in [6.07, 6.45) is -0.0485. The molecule has 1 aliphatic rings. The molecule has 170 valence electrons. The Hall–Kier alpha value is -2.20. The molecule has 8 heteroatoms. The van der Waals surface area contributed by atoms with E-state index < -0.39 is 0 Å². The Morgan fingerprint density at radius 2 is 1.74 bits per heavy atom. The molecule has 0 saturated carbocycles. The van der Waals surface area contributed by atoms with Crippen LogP contribution in [-0.4, -0.2) is 59.1 Å². The molecule has 2 aromatic rings. The molecule has 2 aromatic carbocycles. The topological polar surface area (TPSA) is 67.4 Å². The Bertz CT molecular complexity index is 811. The van der Waals surface area contributed by atoms with Gasteiger partial charge in [-0.25, -0.2) is 0 Å². The van der Waals surface area contributed by atoms with Crippen LogP contribution in [0.5, 0.6) is 11.5 Å². The molecule has 0 aromatic heterocycles. The Labute approximate surface area is 202 Å². The van der Waals surface area contributed by atoms with Crippen LogP contribution in [0.1, 0.15) is 12.5 Å². The van der Waals surface area contributed by atoms with Crippen LogP contribution in [0.4, 0.5) is 5.69 Å². The van der Waals surface area contributed by atoms with Gasteiger partial charge in [0.15, 0.2) is 17.5 Å². The zero-order chi connectivity index (χ0) is 21.2. The number of anilines is 1. The van der Waals surface area contributed by atoms with Crippen molar-refractivity contribution in [3.05, 3.63) is 54.1 Å². The van der Waals surface area contributed by atoms with Crippen LogP contribution in [0.15, 0.2) is 53.5 Å². The number of benzene rings is 2. The molecule has 7 nitrogen and oxygen atoms in total. The Balaban J connectivity index is 0.00000341. The molecule has 1 atom stereocenters. The van der Waals surface area contributed by atoms with Gasteiger partial charge in [0.05, 0.1) is 26.9 Å². The molecular weight excluding hydrogens is 507 g/mol. The number of morpholine rings is 1. The first-order chi connectivity index (χ1) is 14.7. The fourth-order valence-electron chi connectivity index (χ4n) is 3.27. The van der Waals surface area contributed by atoms with Gasteiger partial charge in [0.1, 0.15) is 6.10 Å². The van der Waals surface area contributed by atoms with Crippen molar-refractivity contribution < 1.29 is 14.2 Å². The van der Waals surface area contributed by atoms with Gasteiger partial charge in [0.25, 0.3) is 0 Å². The number of para-hydroxylation sites is 2. The van der Waals surface area contributed by atoms with Gasteiger partial charge in [-0.05, 0) is 36.8 Å². The van der Waals surface area contributed by atoms with Gasteiger partial charge >= 0.3 is 0 Å². The van der Waals surface area contributed by atoms with Crippen molar-refractivity contribution in [2.45, 2.75) is 19.6 Å². The minimum absolute atomic E-state index is 0. The lowest BCUT2D eigenvalue weighted by Crippen LogP contribution is -2.41. The van der Waals surface area contributed by atoms with E-state index in [1.54, 1.807) is 14.2 Å². The lowest BCUT2D eigenvalue weighted by atomic mass is 10.2. The first-order valence-corrected chi connectivity index (χ1v) is 10.4. The van der Waals surface area contributed by atoms with Crippen LogP contribution in [0.25, 0.3) is 0 Å². The summed E-state index contributed by atoms with van der Waals surface area (Å²) in [5.74, 6) is 2.20. The Morgan fingerprint density at radius 1 is 1.06 bits per heavy atom. The average Bonchev–Trinajstić information content (AvgIpc) is 2.80. The SMILES string of the molecule is CN=C(NCc1ccc(N2CCOCC2)cc1)NCC(C)Oc1ccccc1OC.I. The van der Waals surface area contributed by atoms with E-state index in [9.17, 15) is 0 Å². The molecule has 0 spiro atoms. The molecule has 1 heterocycles. The molecule has 0 aliphatic carbocycles. The minimum Gasteiger partial charge on any atom is -0.493 e. The maximum atomic E-state index is 5.98. The third-order valence-electron chi connectivity index (χ3n) is 4.95. The van der Waals surface area contributed by atoms with E-state index in [0.29, 0.717) is 13.1 Å². The second-order valence-corrected chi connectivity index (χ2v) is 7.15. The summed E-state index contributed by atoms with van der Waals surface area (Å²) in [6, 6.07) is 16.3. The molecule has 3 rings (SSSR count). The highest BCUT2D eigenvalue weighted by atomic mass is 127. The fourth-order valence-corrected chi connectivity index (χ4v) is 3.27. The normalized spacial score (nSPS) is 14.9. The van der Waals surface area contributed by atoms with Gasteiger partial charge in [-0.15, -0.1) is 24.0 Å². The van der Waals surface area contributed by atoms with Crippen LogP contribution >= 0.6 is 24.0 Å². The second-order valence-electron chi connectivity index (χ2n) is 7.15. The highest BCUT2D eigenvalue weighted by molar-refractivity contribution is 14.0. The van der Waals surface area contributed by atoms with Gasteiger partial charge in [-0.3, -0.25) is 4.99 Å². The van der Waals surface area contributed by atoms with E-state index in [4.69, 9.17) is 14.2 Å². The van der Waals surface area contributed by atoms with E-state index in [0.717, 1.165) is 43.8 Å². The summed E-state index contributed by atoms with van der Waals surface area (Å²) in [6.45, 7) is 6.82. The van der Waals surface area contributed by atoms with Gasteiger partial charge in [0, 0.05) is 32.4 Å². The van der Waals surface area contributed by atoms with Crippen molar-refractivity contribution >= 4 is 35.6 Å². The number of nitrogens with zero attached hydrogens (tertiary/aromatic N) is 2. The Morgan fingerprint density at radius 3 is 2.39 bits per heavy atom. The smallest absolute Gasteiger partial charge is 0.191 e. The molecule has 1 fully saturated rings. The van der Waals surface area contributed by atoms with Gasteiger partial charge in [-0.1, -0.05) is 24.3 Å². The third-order valence-corrected chi connectivity index (χ3v) is 4.95. The van der Waals surface area contributed by atoms with Gasteiger partial charge in [-0.2, -0.15) is 0 Å². The van der Waals surface area contributed by atoms with Crippen molar-refractivity contribution in [3.8, 4) is 11.5 Å². The van der Waals surface area contributed by atoms with Crippen molar-refractivity contribution in [3.63, 3.8) is 0 Å². The summed E-state index contributed by atoms with van der Waals surface area (Å²) in [5.41, 5.74) is 2.44. The molecule has 0 amide bonds. The quantitative estimate of drug-likeness (QED) is 0.305. The third kappa shape index (κ3) is 7.77. The van der Waals surface area contributed by atoms with E-state index in [-0.39, 0.29) is 30.1 Å². The second kappa shape index (κ2) is 13.3. The summed E-state index contributed by atoms with van der Waals surface area (Å²) >= 11 is 0. The van der Waals surface area contributed by atoms with Crippen LogP contribution < -0.4 is 25.0 Å². The number of hydrogen-bond acceptors (Lipinski definition) is 5. The summed E-state index contributed by atoms with van der Waals surface area (Å²) < 4.78 is 16.7. The predicted molar refractivity (Wildman–Crippen MR) is 136 cm³/mol. The largest absolute Gasteiger partial charge is 0.493 e. The van der Waals surface area contributed by atoms with Gasteiger partial charge < -0.3 is 29.7 Å². The Kier molecular flexibility index (Phi) is 10.7. The lowest BCUT2D eigenvalue weighted by Gasteiger charge is -2.29. The van der Waals surface area contributed by atoms with Crippen molar-refractivity contribution in [1.82, 2.24) is 10.6 Å². The van der Waals surface area contributed by atoms with Crippen LogP contribution in [0.3, 0.4) is 0 Å². The minimum atomic E-state index is -0.0485. The lowest BCUT2D eigenvalue weighted by molar-refractivity contribution is 0.122. The zero-order valence-electron chi connectivity index (χ0n) is 18.5. The van der Waals surface area contributed by atoms with E-state index >= 15 is 0 Å². The molecule has 31 heavy (non-hydrogen) atoms. The number of methoxy groups -OCH3 is 1. The number of guanidine groups is 1.